The minimum Gasteiger partial charge on any atom is -0.491 e. The number of hydrogen-bond acceptors (Lipinski definition) is 4. The maximum atomic E-state index is 12.3. The molecule has 0 aliphatic carbocycles. The van der Waals surface area contributed by atoms with E-state index in [1.165, 1.54) is 0 Å². The summed E-state index contributed by atoms with van der Waals surface area (Å²) >= 11 is 5.08. The van der Waals surface area contributed by atoms with Gasteiger partial charge in [0, 0.05) is 11.1 Å². The number of amides is 2. The summed E-state index contributed by atoms with van der Waals surface area (Å²) < 4.78 is 5.55. The summed E-state index contributed by atoms with van der Waals surface area (Å²) in [6.45, 7) is 3.85. The lowest BCUT2D eigenvalue weighted by Crippen LogP contribution is -2.48. The second-order valence-corrected chi connectivity index (χ2v) is 7.40. The molecule has 0 fully saturated rings. The van der Waals surface area contributed by atoms with E-state index in [1.54, 1.807) is 36.4 Å². The first kappa shape index (κ1) is 22.0. The SMILES string of the molecule is CC(C)Oc1ccc(C(=O)NC(=S)NNC(=O)c2ccc(-c3ccccc3)cc2)cc1. The first-order chi connectivity index (χ1) is 14.9. The molecule has 7 heteroatoms. The molecule has 31 heavy (non-hydrogen) atoms. The highest BCUT2D eigenvalue weighted by atomic mass is 32.1. The molecule has 0 aliphatic rings. The molecule has 0 atom stereocenters. The lowest BCUT2D eigenvalue weighted by atomic mass is 10.0. The zero-order valence-electron chi connectivity index (χ0n) is 17.2. The fraction of sp³-hybridized carbons (Fsp3) is 0.125. The van der Waals surface area contributed by atoms with E-state index in [0.717, 1.165) is 11.1 Å². The smallest absolute Gasteiger partial charge is 0.269 e. The van der Waals surface area contributed by atoms with Crippen LogP contribution in [-0.4, -0.2) is 23.0 Å². The van der Waals surface area contributed by atoms with Crippen molar-refractivity contribution in [2.75, 3.05) is 0 Å². The number of nitrogens with one attached hydrogen (secondary N) is 3. The Morgan fingerprint density at radius 3 is 1.90 bits per heavy atom. The zero-order chi connectivity index (χ0) is 22.2. The van der Waals surface area contributed by atoms with Crippen LogP contribution in [-0.2, 0) is 0 Å². The van der Waals surface area contributed by atoms with Crippen LogP contribution in [0, 0.1) is 0 Å². The molecule has 0 saturated carbocycles. The Kier molecular flexibility index (Phi) is 7.35. The molecule has 3 N–H and O–H groups in total. The summed E-state index contributed by atoms with van der Waals surface area (Å²) in [6.07, 6.45) is 0.0506. The Hall–Kier alpha value is -3.71. The Labute approximate surface area is 186 Å². The van der Waals surface area contributed by atoms with Gasteiger partial charge in [-0.3, -0.25) is 25.8 Å². The summed E-state index contributed by atoms with van der Waals surface area (Å²) in [4.78, 5) is 24.6. The molecule has 2 amide bonds. The van der Waals surface area contributed by atoms with Crippen LogP contribution in [0.5, 0.6) is 5.75 Å². The van der Waals surface area contributed by atoms with Gasteiger partial charge in [0.15, 0.2) is 5.11 Å². The lowest BCUT2D eigenvalue weighted by Gasteiger charge is -2.12. The van der Waals surface area contributed by atoms with E-state index in [4.69, 9.17) is 17.0 Å². The molecule has 3 rings (SSSR count). The molecule has 0 spiro atoms. The number of rotatable bonds is 5. The van der Waals surface area contributed by atoms with Crippen LogP contribution in [0.2, 0.25) is 0 Å². The number of benzene rings is 3. The molecule has 0 unspecified atom stereocenters. The fourth-order valence-electron chi connectivity index (χ4n) is 2.79. The third-order valence-corrected chi connectivity index (χ3v) is 4.46. The summed E-state index contributed by atoms with van der Waals surface area (Å²) in [5.41, 5.74) is 7.98. The summed E-state index contributed by atoms with van der Waals surface area (Å²) in [5, 5.41) is 2.51. The molecule has 0 aliphatic heterocycles. The average molecular weight is 434 g/mol. The van der Waals surface area contributed by atoms with Crippen LogP contribution in [0.3, 0.4) is 0 Å². The molecule has 0 heterocycles. The number of carbonyl (C=O) groups excluding carboxylic acids is 2. The molecule has 6 nitrogen and oxygen atoms in total. The third kappa shape index (κ3) is 6.38. The van der Waals surface area contributed by atoms with Gasteiger partial charge in [-0.2, -0.15) is 0 Å². The molecule has 0 saturated heterocycles. The maximum Gasteiger partial charge on any atom is 0.269 e. The molecular formula is C24H23N3O3S. The van der Waals surface area contributed by atoms with Crippen LogP contribution in [0.1, 0.15) is 34.6 Å². The second kappa shape index (κ2) is 10.4. The van der Waals surface area contributed by atoms with Crippen molar-refractivity contribution in [3.63, 3.8) is 0 Å². The van der Waals surface area contributed by atoms with Crippen molar-refractivity contribution in [3.05, 3.63) is 90.0 Å². The Balaban J connectivity index is 1.49. The fourth-order valence-corrected chi connectivity index (χ4v) is 2.94. The van der Waals surface area contributed by atoms with Crippen molar-refractivity contribution in [1.29, 1.82) is 0 Å². The van der Waals surface area contributed by atoms with E-state index in [-0.39, 0.29) is 17.1 Å². The van der Waals surface area contributed by atoms with Gasteiger partial charge in [0.2, 0.25) is 0 Å². The first-order valence-corrected chi connectivity index (χ1v) is 10.2. The van der Waals surface area contributed by atoms with E-state index < -0.39 is 5.91 Å². The number of hydrogen-bond donors (Lipinski definition) is 3. The minimum absolute atomic E-state index is 0.0123. The normalized spacial score (nSPS) is 10.3. The third-order valence-electron chi connectivity index (χ3n) is 4.26. The van der Waals surface area contributed by atoms with Crippen molar-refractivity contribution in [2.24, 2.45) is 0 Å². The lowest BCUT2D eigenvalue weighted by molar-refractivity contribution is 0.0934. The van der Waals surface area contributed by atoms with Gasteiger partial charge in [-0.15, -0.1) is 0 Å². The van der Waals surface area contributed by atoms with Gasteiger partial charge < -0.3 is 4.74 Å². The average Bonchev–Trinajstić information content (AvgIpc) is 2.78. The number of thiocarbonyl (C=S) groups is 1. The largest absolute Gasteiger partial charge is 0.491 e. The molecule has 0 radical (unpaired) electrons. The molecule has 0 aromatic heterocycles. The Morgan fingerprint density at radius 1 is 0.742 bits per heavy atom. The number of hydrazine groups is 1. The number of carbonyl (C=O) groups is 2. The predicted molar refractivity (Wildman–Crippen MR) is 125 cm³/mol. The summed E-state index contributed by atoms with van der Waals surface area (Å²) in [6, 6.07) is 23.8. The van der Waals surface area contributed by atoms with Gasteiger partial charge in [0.25, 0.3) is 11.8 Å². The zero-order valence-corrected chi connectivity index (χ0v) is 18.0. The van der Waals surface area contributed by atoms with Gasteiger partial charge in [-0.05, 0) is 73.6 Å². The second-order valence-electron chi connectivity index (χ2n) is 7.00. The standard InChI is InChI=1S/C24H23N3O3S/c1-16(2)30-21-14-12-19(13-15-21)22(28)25-24(31)27-26-23(29)20-10-8-18(9-11-20)17-6-4-3-5-7-17/h3-16H,1-2H3,(H,26,29)(H2,25,27,28,31). The number of ether oxygens (including phenoxy) is 1. The topological polar surface area (TPSA) is 79.5 Å². The van der Waals surface area contributed by atoms with Gasteiger partial charge >= 0.3 is 0 Å². The highest BCUT2D eigenvalue weighted by Crippen LogP contribution is 2.19. The maximum absolute atomic E-state index is 12.3. The van der Waals surface area contributed by atoms with Gasteiger partial charge in [-0.25, -0.2) is 0 Å². The van der Waals surface area contributed by atoms with E-state index >= 15 is 0 Å². The monoisotopic (exact) mass is 433 g/mol. The molecule has 158 valence electrons. The van der Waals surface area contributed by atoms with Crippen molar-refractivity contribution < 1.29 is 14.3 Å². The van der Waals surface area contributed by atoms with Gasteiger partial charge in [0.1, 0.15) is 5.75 Å². The molecule has 0 bridgehead atoms. The van der Waals surface area contributed by atoms with E-state index in [0.29, 0.717) is 16.9 Å². The Bertz CT molecular complexity index is 1050. The predicted octanol–water partition coefficient (Wildman–Crippen LogP) is 4.09. The van der Waals surface area contributed by atoms with E-state index in [9.17, 15) is 9.59 Å². The van der Waals surface area contributed by atoms with Crippen molar-refractivity contribution in [2.45, 2.75) is 20.0 Å². The van der Waals surface area contributed by atoms with Gasteiger partial charge in [0.05, 0.1) is 6.10 Å². The molecule has 3 aromatic rings. The van der Waals surface area contributed by atoms with Crippen LogP contribution in [0.25, 0.3) is 11.1 Å². The molecule has 3 aromatic carbocycles. The Morgan fingerprint density at radius 2 is 1.29 bits per heavy atom. The summed E-state index contributed by atoms with van der Waals surface area (Å²) in [5.74, 6) is -0.0840. The highest BCUT2D eigenvalue weighted by molar-refractivity contribution is 7.80. The van der Waals surface area contributed by atoms with Crippen molar-refractivity contribution >= 4 is 29.1 Å². The minimum atomic E-state index is -0.393. The van der Waals surface area contributed by atoms with Crippen molar-refractivity contribution in [3.8, 4) is 16.9 Å². The van der Waals surface area contributed by atoms with E-state index in [2.05, 4.69) is 16.2 Å². The van der Waals surface area contributed by atoms with Crippen LogP contribution < -0.4 is 20.9 Å². The van der Waals surface area contributed by atoms with E-state index in [1.807, 2.05) is 56.3 Å². The quantitative estimate of drug-likeness (QED) is 0.417. The van der Waals surface area contributed by atoms with Crippen LogP contribution in [0.4, 0.5) is 0 Å². The van der Waals surface area contributed by atoms with Crippen molar-refractivity contribution in [1.82, 2.24) is 16.2 Å². The molecular weight excluding hydrogens is 410 g/mol. The van der Waals surface area contributed by atoms with Crippen LogP contribution >= 0.6 is 12.2 Å². The first-order valence-electron chi connectivity index (χ1n) is 9.76. The summed E-state index contributed by atoms with van der Waals surface area (Å²) in [7, 11) is 0. The highest BCUT2D eigenvalue weighted by Gasteiger charge is 2.10. The van der Waals surface area contributed by atoms with Crippen LogP contribution in [0.15, 0.2) is 78.9 Å². The van der Waals surface area contributed by atoms with Gasteiger partial charge in [-0.1, -0.05) is 42.5 Å².